The number of aromatic nitrogens is 2. The van der Waals surface area contributed by atoms with E-state index in [2.05, 4.69) is 36.2 Å². The van der Waals surface area contributed by atoms with Gasteiger partial charge in [-0.15, -0.1) is 0 Å². The Hall–Kier alpha value is -2.29. The van der Waals surface area contributed by atoms with E-state index in [0.717, 1.165) is 22.6 Å². The summed E-state index contributed by atoms with van der Waals surface area (Å²) in [6.45, 7) is 4.10. The van der Waals surface area contributed by atoms with E-state index < -0.39 is 0 Å². The molecule has 0 unspecified atom stereocenters. The number of anilines is 1. The molecule has 3 heteroatoms. The molecule has 2 N–H and O–H groups in total. The van der Waals surface area contributed by atoms with E-state index in [-0.39, 0.29) is 0 Å². The maximum atomic E-state index is 6.21. The molecule has 0 radical (unpaired) electrons. The molecule has 0 aliphatic heterocycles. The molecule has 0 saturated carbocycles. The molecule has 3 rings (SSSR count). The molecular weight excluding hydrogens is 222 g/mol. The third-order valence-electron chi connectivity index (χ3n) is 3.20. The maximum absolute atomic E-state index is 6.21. The Morgan fingerprint density at radius 1 is 1.00 bits per heavy atom. The molecule has 90 valence electrons. The van der Waals surface area contributed by atoms with Gasteiger partial charge in [0.2, 0.25) is 0 Å². The average molecular weight is 237 g/mol. The predicted molar refractivity (Wildman–Crippen MR) is 74.5 cm³/mol. The average Bonchev–Trinajstić information content (AvgIpc) is 2.69. The molecule has 0 fully saturated rings. The van der Waals surface area contributed by atoms with E-state index in [1.165, 1.54) is 5.56 Å². The van der Waals surface area contributed by atoms with Gasteiger partial charge in [-0.2, -0.15) is 0 Å². The van der Waals surface area contributed by atoms with Gasteiger partial charge < -0.3 is 5.73 Å². The topological polar surface area (TPSA) is 43.3 Å². The van der Waals surface area contributed by atoms with Crippen LogP contribution in [0.1, 0.15) is 11.3 Å². The van der Waals surface area contributed by atoms with Crippen molar-refractivity contribution >= 4 is 11.5 Å². The van der Waals surface area contributed by atoms with Crippen LogP contribution in [0.25, 0.3) is 16.9 Å². The molecule has 2 aromatic heterocycles. The fourth-order valence-electron chi connectivity index (χ4n) is 2.21. The van der Waals surface area contributed by atoms with Gasteiger partial charge in [-0.05, 0) is 26.0 Å². The number of nitrogens with two attached hydrogens (primary N) is 1. The van der Waals surface area contributed by atoms with Gasteiger partial charge >= 0.3 is 0 Å². The van der Waals surface area contributed by atoms with Gasteiger partial charge in [0, 0.05) is 11.3 Å². The Balaban J connectivity index is 2.27. The zero-order valence-electron chi connectivity index (χ0n) is 10.5. The van der Waals surface area contributed by atoms with E-state index in [4.69, 9.17) is 5.73 Å². The van der Waals surface area contributed by atoms with Crippen LogP contribution in [0.4, 0.5) is 5.82 Å². The van der Waals surface area contributed by atoms with Crippen LogP contribution in [0, 0.1) is 13.8 Å². The molecule has 1 aromatic carbocycles. The van der Waals surface area contributed by atoms with Crippen molar-refractivity contribution in [2.24, 2.45) is 0 Å². The molecule has 3 nitrogen and oxygen atoms in total. The lowest BCUT2D eigenvalue weighted by Gasteiger charge is -2.02. The minimum Gasteiger partial charge on any atom is -0.383 e. The Morgan fingerprint density at radius 2 is 1.72 bits per heavy atom. The highest BCUT2D eigenvalue weighted by Gasteiger charge is 2.11. The van der Waals surface area contributed by atoms with E-state index in [9.17, 15) is 0 Å². The zero-order valence-corrected chi connectivity index (χ0v) is 10.5. The summed E-state index contributed by atoms with van der Waals surface area (Å²) in [5.41, 5.74) is 11.3. The van der Waals surface area contributed by atoms with Gasteiger partial charge in [-0.3, -0.25) is 4.40 Å². The predicted octanol–water partition coefficient (Wildman–Crippen LogP) is 3.20. The maximum Gasteiger partial charge on any atom is 0.139 e. The van der Waals surface area contributed by atoms with Crippen LogP contribution in [0.15, 0.2) is 42.5 Å². The summed E-state index contributed by atoms with van der Waals surface area (Å²) in [5.74, 6) is 0.701. The fraction of sp³-hybridized carbons (Fsp3) is 0.133. The quantitative estimate of drug-likeness (QED) is 0.706. The van der Waals surface area contributed by atoms with Gasteiger partial charge in [-0.25, -0.2) is 4.98 Å². The highest BCUT2D eigenvalue weighted by molar-refractivity contribution is 5.75. The van der Waals surface area contributed by atoms with E-state index in [1.807, 2.05) is 29.5 Å². The number of pyridine rings is 1. The first-order chi connectivity index (χ1) is 8.66. The van der Waals surface area contributed by atoms with Crippen molar-refractivity contribution < 1.29 is 0 Å². The van der Waals surface area contributed by atoms with Gasteiger partial charge in [-0.1, -0.05) is 35.9 Å². The summed E-state index contributed by atoms with van der Waals surface area (Å²) in [5, 5.41) is 0. The van der Waals surface area contributed by atoms with E-state index >= 15 is 0 Å². The SMILES string of the molecule is Cc1ccc(-c2nc3cccc(C)n3c2N)cc1. The molecule has 0 spiro atoms. The van der Waals surface area contributed by atoms with Crippen molar-refractivity contribution in [1.82, 2.24) is 9.38 Å². The van der Waals surface area contributed by atoms with E-state index in [1.54, 1.807) is 0 Å². The third kappa shape index (κ3) is 1.56. The van der Waals surface area contributed by atoms with Crippen LogP contribution < -0.4 is 5.73 Å². The molecular formula is C15H15N3. The summed E-state index contributed by atoms with van der Waals surface area (Å²) < 4.78 is 1.98. The molecule has 0 atom stereocenters. The highest BCUT2D eigenvalue weighted by atomic mass is 15.1. The number of benzene rings is 1. The lowest BCUT2D eigenvalue weighted by Crippen LogP contribution is -1.97. The van der Waals surface area contributed by atoms with Crippen molar-refractivity contribution in [3.8, 4) is 11.3 Å². The number of aryl methyl sites for hydroxylation is 2. The summed E-state index contributed by atoms with van der Waals surface area (Å²) in [6, 6.07) is 14.3. The summed E-state index contributed by atoms with van der Waals surface area (Å²) >= 11 is 0. The highest BCUT2D eigenvalue weighted by Crippen LogP contribution is 2.27. The first kappa shape index (κ1) is 10.8. The largest absolute Gasteiger partial charge is 0.383 e. The minimum absolute atomic E-state index is 0.701. The van der Waals surface area contributed by atoms with Crippen molar-refractivity contribution in [2.75, 3.05) is 5.73 Å². The molecule has 0 amide bonds. The number of nitrogen functional groups attached to an aromatic ring is 1. The molecule has 0 aliphatic rings. The first-order valence-corrected chi connectivity index (χ1v) is 5.97. The second-order valence-electron chi connectivity index (χ2n) is 4.57. The van der Waals surface area contributed by atoms with Gasteiger partial charge in [0.15, 0.2) is 0 Å². The lowest BCUT2D eigenvalue weighted by molar-refractivity contribution is 1.10. The van der Waals surface area contributed by atoms with Crippen LogP contribution in [0.2, 0.25) is 0 Å². The Labute approximate surface area is 106 Å². The first-order valence-electron chi connectivity index (χ1n) is 5.97. The van der Waals surface area contributed by atoms with Gasteiger partial charge in [0.25, 0.3) is 0 Å². The number of fused-ring (bicyclic) bond motifs is 1. The van der Waals surface area contributed by atoms with E-state index in [0.29, 0.717) is 5.82 Å². The van der Waals surface area contributed by atoms with Gasteiger partial charge in [0.1, 0.15) is 17.2 Å². The fourth-order valence-corrected chi connectivity index (χ4v) is 2.21. The third-order valence-corrected chi connectivity index (χ3v) is 3.20. The number of hydrogen-bond donors (Lipinski definition) is 1. The minimum atomic E-state index is 0.701. The molecule has 0 bridgehead atoms. The standard InChI is InChI=1S/C15H15N3/c1-10-6-8-12(9-7-10)14-15(16)18-11(2)4-3-5-13(18)17-14/h3-9H,16H2,1-2H3. The number of rotatable bonds is 1. The molecule has 3 aromatic rings. The molecule has 0 aliphatic carbocycles. The number of hydrogen-bond acceptors (Lipinski definition) is 2. The van der Waals surface area contributed by atoms with Crippen molar-refractivity contribution in [3.63, 3.8) is 0 Å². The van der Waals surface area contributed by atoms with Crippen LogP contribution in [-0.4, -0.2) is 9.38 Å². The summed E-state index contributed by atoms with van der Waals surface area (Å²) in [7, 11) is 0. The number of imidazole rings is 1. The van der Waals surface area contributed by atoms with Gasteiger partial charge in [0.05, 0.1) is 0 Å². The van der Waals surface area contributed by atoms with Crippen LogP contribution >= 0.6 is 0 Å². The van der Waals surface area contributed by atoms with Crippen molar-refractivity contribution in [3.05, 3.63) is 53.7 Å². The zero-order chi connectivity index (χ0) is 12.7. The monoisotopic (exact) mass is 237 g/mol. The Morgan fingerprint density at radius 3 is 2.39 bits per heavy atom. The summed E-state index contributed by atoms with van der Waals surface area (Å²) in [4.78, 5) is 4.61. The summed E-state index contributed by atoms with van der Waals surface area (Å²) in [6.07, 6.45) is 0. The lowest BCUT2D eigenvalue weighted by atomic mass is 10.1. The van der Waals surface area contributed by atoms with Crippen molar-refractivity contribution in [1.29, 1.82) is 0 Å². The molecule has 0 saturated heterocycles. The smallest absolute Gasteiger partial charge is 0.139 e. The molecule has 18 heavy (non-hydrogen) atoms. The van der Waals surface area contributed by atoms with Crippen LogP contribution in [-0.2, 0) is 0 Å². The Bertz CT molecular complexity index is 708. The van der Waals surface area contributed by atoms with Crippen LogP contribution in [0.5, 0.6) is 0 Å². The number of nitrogens with zero attached hydrogens (tertiary/aromatic N) is 2. The normalized spacial score (nSPS) is 11.0. The Kier molecular flexibility index (Phi) is 2.33. The second-order valence-corrected chi connectivity index (χ2v) is 4.57. The van der Waals surface area contributed by atoms with Crippen molar-refractivity contribution in [2.45, 2.75) is 13.8 Å². The molecule has 2 heterocycles. The van der Waals surface area contributed by atoms with Crippen LogP contribution in [0.3, 0.4) is 0 Å². The second kappa shape index (κ2) is 3.88.